The van der Waals surface area contributed by atoms with Gasteiger partial charge in [-0.1, -0.05) is 62.4 Å². The quantitative estimate of drug-likeness (QED) is 0.231. The Morgan fingerprint density at radius 1 is 1.00 bits per heavy atom. The molecule has 172 valence electrons. The van der Waals surface area contributed by atoms with E-state index in [1.807, 2.05) is 24.3 Å². The molecule has 0 unspecified atom stereocenters. The van der Waals surface area contributed by atoms with Gasteiger partial charge >= 0.3 is 12.1 Å². The summed E-state index contributed by atoms with van der Waals surface area (Å²) in [7, 11) is 0. The fourth-order valence-electron chi connectivity index (χ4n) is 3.98. The highest BCUT2D eigenvalue weighted by molar-refractivity contribution is 7.78. The van der Waals surface area contributed by atoms with Crippen molar-refractivity contribution < 1.29 is 23.1 Å². The highest BCUT2D eigenvalue weighted by atomic mass is 32.1. The van der Waals surface area contributed by atoms with Crippen LogP contribution in [0.15, 0.2) is 42.6 Å². The van der Waals surface area contributed by atoms with E-state index in [1.165, 1.54) is 4.09 Å². The van der Waals surface area contributed by atoms with Gasteiger partial charge in [-0.25, -0.2) is 8.88 Å². The van der Waals surface area contributed by atoms with Crippen molar-refractivity contribution in [2.75, 3.05) is 0 Å². The maximum atomic E-state index is 12.1. The van der Waals surface area contributed by atoms with Crippen molar-refractivity contribution in [3.05, 3.63) is 53.7 Å². The smallest absolute Gasteiger partial charge is 0.389 e. The molecular weight excluding hydrogens is 437 g/mol. The summed E-state index contributed by atoms with van der Waals surface area (Å²) in [6.45, 7) is 0. The van der Waals surface area contributed by atoms with Gasteiger partial charge in [0.25, 0.3) is 0 Å². The number of rotatable bonds is 11. The number of aryl methyl sites for hydroxylation is 1. The Balaban J connectivity index is 1.54. The summed E-state index contributed by atoms with van der Waals surface area (Å²) in [5.41, 5.74) is 3.42. The topological polar surface area (TPSA) is 55.1 Å². The van der Waals surface area contributed by atoms with Gasteiger partial charge in [0, 0.05) is 18.0 Å². The molecule has 0 radical (unpaired) electrons. The number of aromatic nitrogens is 2. The largest absolute Gasteiger partial charge is 0.478 e. The Hall–Kier alpha value is -2.48. The molecule has 1 aromatic heterocycles. The van der Waals surface area contributed by atoms with Gasteiger partial charge in [0.2, 0.25) is 0 Å². The number of benzene rings is 2. The van der Waals surface area contributed by atoms with E-state index in [4.69, 9.17) is 0 Å². The molecule has 0 atom stereocenters. The number of alkyl halides is 3. The molecule has 1 heterocycles. The maximum absolute atomic E-state index is 12.1. The van der Waals surface area contributed by atoms with E-state index in [-0.39, 0.29) is 12.0 Å². The number of carbonyl (C=O) groups is 1. The number of fused-ring (bicyclic) bond motifs is 1. The van der Waals surface area contributed by atoms with Gasteiger partial charge < -0.3 is 5.11 Å². The molecule has 2 aromatic carbocycles. The van der Waals surface area contributed by atoms with E-state index < -0.39 is 18.6 Å². The van der Waals surface area contributed by atoms with Crippen LogP contribution in [0.3, 0.4) is 0 Å². The van der Waals surface area contributed by atoms with Gasteiger partial charge in [-0.2, -0.15) is 18.3 Å². The molecule has 0 aliphatic carbocycles. The molecule has 8 heteroatoms. The van der Waals surface area contributed by atoms with Gasteiger partial charge in [-0.15, -0.1) is 0 Å². The van der Waals surface area contributed by atoms with Crippen molar-refractivity contribution in [2.24, 2.45) is 0 Å². The van der Waals surface area contributed by atoms with Gasteiger partial charge in [0.05, 0.1) is 11.1 Å². The number of carboxylic acids is 1. The van der Waals surface area contributed by atoms with Crippen molar-refractivity contribution in [3.8, 4) is 11.1 Å². The number of aromatic carboxylic acids is 1. The summed E-state index contributed by atoms with van der Waals surface area (Å²) in [5, 5.41) is 14.5. The average Bonchev–Trinajstić information content (AvgIpc) is 3.11. The molecule has 0 aliphatic heterocycles. The third-order valence-corrected chi connectivity index (χ3v) is 5.76. The number of hydrogen-bond acceptors (Lipinski definition) is 3. The van der Waals surface area contributed by atoms with Crippen LogP contribution in [-0.4, -0.2) is 26.4 Å². The highest BCUT2D eigenvalue weighted by Gasteiger charge is 2.25. The number of nitrogens with zero attached hydrogens (tertiary/aromatic N) is 2. The first-order valence-electron chi connectivity index (χ1n) is 10.9. The van der Waals surface area contributed by atoms with E-state index in [9.17, 15) is 23.1 Å². The standard InChI is InChI=1S/C24H27F3N2O2S/c25-24(26,27)14-7-5-3-1-2-4-6-9-17-10-8-11-18(15-17)19-12-13-21-20(16-29(32)28-21)22(19)23(30)31/h8,10-13,15-16,32H,1-7,9,14H2,(H,30,31). The van der Waals surface area contributed by atoms with Crippen molar-refractivity contribution in [3.63, 3.8) is 0 Å². The van der Waals surface area contributed by atoms with Crippen LogP contribution in [0.2, 0.25) is 0 Å². The zero-order valence-corrected chi connectivity index (χ0v) is 18.6. The molecule has 1 N–H and O–H groups in total. The first-order valence-corrected chi connectivity index (χ1v) is 11.3. The first kappa shape index (κ1) is 24.2. The van der Waals surface area contributed by atoms with Gasteiger partial charge in [-0.05, 0) is 54.8 Å². The predicted octanol–water partition coefficient (Wildman–Crippen LogP) is 7.32. The lowest BCUT2D eigenvalue weighted by molar-refractivity contribution is -0.135. The molecule has 0 spiro atoms. The van der Waals surface area contributed by atoms with E-state index in [0.29, 0.717) is 22.9 Å². The number of thiol groups is 1. The Kier molecular flexibility index (Phi) is 8.23. The van der Waals surface area contributed by atoms with Crippen LogP contribution >= 0.6 is 12.8 Å². The minimum absolute atomic E-state index is 0.213. The molecule has 3 rings (SSSR count). The second kappa shape index (κ2) is 10.9. The second-order valence-electron chi connectivity index (χ2n) is 8.07. The van der Waals surface area contributed by atoms with Crippen LogP contribution in [0.4, 0.5) is 13.2 Å². The molecular formula is C24H27F3N2O2S. The van der Waals surface area contributed by atoms with Crippen LogP contribution in [0.25, 0.3) is 22.0 Å². The zero-order chi connectivity index (χ0) is 23.1. The normalized spacial score (nSPS) is 11.9. The minimum atomic E-state index is -4.04. The van der Waals surface area contributed by atoms with E-state index in [0.717, 1.165) is 49.7 Å². The van der Waals surface area contributed by atoms with Crippen LogP contribution in [0.1, 0.15) is 67.3 Å². The van der Waals surface area contributed by atoms with Crippen molar-refractivity contribution >= 4 is 29.7 Å². The summed E-state index contributed by atoms with van der Waals surface area (Å²) in [6, 6.07) is 11.5. The van der Waals surface area contributed by atoms with Crippen LogP contribution in [0.5, 0.6) is 0 Å². The zero-order valence-electron chi connectivity index (χ0n) is 17.7. The summed E-state index contributed by atoms with van der Waals surface area (Å²) in [6.07, 6.45) is 3.42. The number of hydrogen-bond donors (Lipinski definition) is 2. The fourth-order valence-corrected chi connectivity index (χ4v) is 4.20. The van der Waals surface area contributed by atoms with Crippen LogP contribution < -0.4 is 0 Å². The Bertz CT molecular complexity index is 1060. The first-order chi connectivity index (χ1) is 15.2. The molecule has 3 aromatic rings. The van der Waals surface area contributed by atoms with Crippen LogP contribution in [-0.2, 0) is 6.42 Å². The lowest BCUT2D eigenvalue weighted by Crippen LogP contribution is -2.06. The third kappa shape index (κ3) is 6.76. The predicted molar refractivity (Wildman–Crippen MR) is 123 cm³/mol. The maximum Gasteiger partial charge on any atom is 0.389 e. The molecule has 0 saturated heterocycles. The molecule has 0 fully saturated rings. The Morgan fingerprint density at radius 3 is 2.38 bits per heavy atom. The van der Waals surface area contributed by atoms with E-state index in [2.05, 4.69) is 17.9 Å². The Labute approximate surface area is 191 Å². The Morgan fingerprint density at radius 2 is 1.69 bits per heavy atom. The summed E-state index contributed by atoms with van der Waals surface area (Å²) >= 11 is 4.15. The molecule has 0 aliphatic rings. The van der Waals surface area contributed by atoms with E-state index in [1.54, 1.807) is 18.3 Å². The van der Waals surface area contributed by atoms with Crippen molar-refractivity contribution in [1.29, 1.82) is 0 Å². The molecule has 0 saturated carbocycles. The van der Waals surface area contributed by atoms with Crippen molar-refractivity contribution in [2.45, 2.75) is 64.0 Å². The highest BCUT2D eigenvalue weighted by Crippen LogP contribution is 2.31. The average molecular weight is 465 g/mol. The molecule has 0 bridgehead atoms. The van der Waals surface area contributed by atoms with Crippen molar-refractivity contribution in [1.82, 2.24) is 9.19 Å². The van der Waals surface area contributed by atoms with Crippen LogP contribution in [0, 0.1) is 0 Å². The monoisotopic (exact) mass is 464 g/mol. The minimum Gasteiger partial charge on any atom is -0.478 e. The van der Waals surface area contributed by atoms with Gasteiger partial charge in [0.1, 0.15) is 0 Å². The van der Waals surface area contributed by atoms with E-state index >= 15 is 0 Å². The second-order valence-corrected chi connectivity index (χ2v) is 8.48. The summed E-state index contributed by atoms with van der Waals surface area (Å²) in [4.78, 5) is 12.0. The fraction of sp³-hybridized carbons (Fsp3) is 0.417. The molecule has 4 nitrogen and oxygen atoms in total. The SMILES string of the molecule is O=C(O)c1c(-c2cccc(CCCCCCCCCC(F)(F)F)c2)ccc2nn(S)cc12. The lowest BCUT2D eigenvalue weighted by atomic mass is 9.94. The number of carboxylic acid groups (broad SMARTS) is 1. The molecule has 0 amide bonds. The number of unbranched alkanes of at least 4 members (excludes halogenated alkanes) is 6. The lowest BCUT2D eigenvalue weighted by Gasteiger charge is -2.10. The van der Waals surface area contributed by atoms with Gasteiger partial charge in [-0.3, -0.25) is 0 Å². The summed E-state index contributed by atoms with van der Waals surface area (Å²) < 4.78 is 37.7. The molecule has 32 heavy (non-hydrogen) atoms. The van der Waals surface area contributed by atoms with Gasteiger partial charge in [0.15, 0.2) is 0 Å². The summed E-state index contributed by atoms with van der Waals surface area (Å²) in [5.74, 6) is -1.01. The third-order valence-electron chi connectivity index (χ3n) is 5.55. The number of halogens is 3.